The third-order valence-electron chi connectivity index (χ3n) is 5.49. The van der Waals surface area contributed by atoms with Crippen molar-refractivity contribution >= 4 is 5.69 Å². The lowest BCUT2D eigenvalue weighted by molar-refractivity contribution is 0.237. The molecular formula is C22H28N2O2. The van der Waals surface area contributed by atoms with Crippen LogP contribution in [0, 0.1) is 0 Å². The molecule has 4 nitrogen and oxygen atoms in total. The maximum Gasteiger partial charge on any atom is 0.142 e. The van der Waals surface area contributed by atoms with Crippen LogP contribution in [0.15, 0.2) is 48.5 Å². The van der Waals surface area contributed by atoms with Crippen molar-refractivity contribution in [2.75, 3.05) is 44.8 Å². The number of likely N-dealkylation sites (tertiary alicyclic amines) is 1. The van der Waals surface area contributed by atoms with Gasteiger partial charge in [-0.3, -0.25) is 4.90 Å². The number of ether oxygens (including phenoxy) is 2. The van der Waals surface area contributed by atoms with Crippen LogP contribution in [0.3, 0.4) is 0 Å². The van der Waals surface area contributed by atoms with Gasteiger partial charge < -0.3 is 14.4 Å². The summed E-state index contributed by atoms with van der Waals surface area (Å²) >= 11 is 0. The van der Waals surface area contributed by atoms with Crippen molar-refractivity contribution in [2.45, 2.75) is 25.3 Å². The maximum absolute atomic E-state index is 5.93. The summed E-state index contributed by atoms with van der Waals surface area (Å²) < 4.78 is 11.8. The van der Waals surface area contributed by atoms with E-state index in [0.717, 1.165) is 37.7 Å². The Bertz CT molecular complexity index is 710. The van der Waals surface area contributed by atoms with E-state index in [-0.39, 0.29) is 0 Å². The minimum Gasteiger partial charge on any atom is -0.492 e. The van der Waals surface area contributed by atoms with Gasteiger partial charge in [-0.05, 0) is 62.2 Å². The Labute approximate surface area is 156 Å². The predicted octanol–water partition coefficient (Wildman–Crippen LogP) is 3.60. The van der Waals surface area contributed by atoms with Gasteiger partial charge in [0.25, 0.3) is 0 Å². The molecule has 0 saturated carbocycles. The topological polar surface area (TPSA) is 24.9 Å². The monoisotopic (exact) mass is 352 g/mol. The van der Waals surface area contributed by atoms with Crippen molar-refractivity contribution < 1.29 is 9.47 Å². The zero-order valence-corrected chi connectivity index (χ0v) is 15.6. The summed E-state index contributed by atoms with van der Waals surface area (Å²) in [6, 6.07) is 17.2. The second-order valence-corrected chi connectivity index (χ2v) is 7.29. The van der Waals surface area contributed by atoms with Gasteiger partial charge in [0.05, 0.1) is 11.7 Å². The van der Waals surface area contributed by atoms with Gasteiger partial charge in [-0.2, -0.15) is 0 Å². The van der Waals surface area contributed by atoms with Gasteiger partial charge in [0.1, 0.15) is 24.7 Å². The molecule has 4 heteroatoms. The molecule has 1 fully saturated rings. The van der Waals surface area contributed by atoms with Gasteiger partial charge in [-0.15, -0.1) is 0 Å². The molecule has 0 spiro atoms. The zero-order valence-electron chi connectivity index (χ0n) is 15.6. The number of benzene rings is 2. The van der Waals surface area contributed by atoms with E-state index in [1.165, 1.54) is 37.2 Å². The molecule has 0 N–H and O–H groups in total. The van der Waals surface area contributed by atoms with Crippen molar-refractivity contribution in [1.82, 2.24) is 4.90 Å². The number of hydrogen-bond donors (Lipinski definition) is 0. The summed E-state index contributed by atoms with van der Waals surface area (Å²) in [4.78, 5) is 4.81. The third-order valence-corrected chi connectivity index (χ3v) is 5.49. The molecule has 4 rings (SSSR count). The normalized spacial score (nSPS) is 19.9. The Morgan fingerprint density at radius 3 is 2.62 bits per heavy atom. The molecule has 0 aromatic heterocycles. The van der Waals surface area contributed by atoms with Gasteiger partial charge in [0.15, 0.2) is 0 Å². The third kappa shape index (κ3) is 3.96. The highest BCUT2D eigenvalue weighted by molar-refractivity contribution is 5.60. The van der Waals surface area contributed by atoms with Gasteiger partial charge in [-0.1, -0.05) is 24.3 Å². The Morgan fingerprint density at radius 1 is 1.04 bits per heavy atom. The average Bonchev–Trinajstić information content (AvgIpc) is 3.19. The van der Waals surface area contributed by atoms with Crippen LogP contribution in [0.4, 0.5) is 5.69 Å². The van der Waals surface area contributed by atoms with Crippen LogP contribution in [-0.4, -0.2) is 50.8 Å². The number of anilines is 1. The van der Waals surface area contributed by atoms with Crippen LogP contribution >= 0.6 is 0 Å². The van der Waals surface area contributed by atoms with E-state index in [1.54, 1.807) is 0 Å². The Balaban J connectivity index is 1.30. The quantitative estimate of drug-likeness (QED) is 0.793. The molecule has 0 bridgehead atoms. The van der Waals surface area contributed by atoms with Gasteiger partial charge in [0.2, 0.25) is 0 Å². The maximum atomic E-state index is 5.93. The molecule has 2 heterocycles. The molecule has 0 radical (unpaired) electrons. The molecule has 2 aliphatic rings. The molecule has 0 unspecified atom stereocenters. The fourth-order valence-corrected chi connectivity index (χ4v) is 3.85. The molecule has 0 amide bonds. The molecule has 2 aliphatic heterocycles. The zero-order chi connectivity index (χ0) is 17.8. The second-order valence-electron chi connectivity index (χ2n) is 7.29. The van der Waals surface area contributed by atoms with Crippen molar-refractivity contribution in [2.24, 2.45) is 0 Å². The largest absolute Gasteiger partial charge is 0.492 e. The second kappa shape index (κ2) is 8.00. The first-order valence-corrected chi connectivity index (χ1v) is 9.68. The van der Waals surface area contributed by atoms with E-state index in [1.807, 2.05) is 12.1 Å². The minimum absolute atomic E-state index is 0.354. The average molecular weight is 352 g/mol. The smallest absolute Gasteiger partial charge is 0.142 e. The molecule has 2 aromatic rings. The van der Waals surface area contributed by atoms with Crippen molar-refractivity contribution in [1.29, 1.82) is 0 Å². The predicted molar refractivity (Wildman–Crippen MR) is 105 cm³/mol. The number of nitrogens with zero attached hydrogens (tertiary/aromatic N) is 2. The summed E-state index contributed by atoms with van der Waals surface area (Å²) in [5.74, 6) is 1.94. The molecule has 2 aromatic carbocycles. The van der Waals surface area contributed by atoms with Crippen molar-refractivity contribution in [3.63, 3.8) is 0 Å². The van der Waals surface area contributed by atoms with Crippen molar-refractivity contribution in [3.05, 3.63) is 54.1 Å². The number of likely N-dealkylation sites (N-methyl/N-ethyl adjacent to an activating group) is 1. The molecule has 1 atom stereocenters. The van der Waals surface area contributed by atoms with E-state index in [9.17, 15) is 0 Å². The Kier molecular flexibility index (Phi) is 5.30. The molecule has 26 heavy (non-hydrogen) atoms. The molecule has 0 aliphatic carbocycles. The summed E-state index contributed by atoms with van der Waals surface area (Å²) in [6.45, 7) is 4.98. The fraction of sp³-hybridized carbons (Fsp3) is 0.455. The lowest BCUT2D eigenvalue weighted by Crippen LogP contribution is -2.41. The lowest BCUT2D eigenvalue weighted by Gasteiger charge is -2.36. The molecular weight excluding hydrogens is 324 g/mol. The summed E-state index contributed by atoms with van der Waals surface area (Å²) in [5.41, 5.74) is 2.49. The number of para-hydroxylation sites is 2. The summed E-state index contributed by atoms with van der Waals surface area (Å²) in [7, 11) is 2.15. The van der Waals surface area contributed by atoms with Gasteiger partial charge >= 0.3 is 0 Å². The standard InChI is InChI=1S/C22H28N2O2/c1-23-19(17-26-22-7-3-2-6-21(22)23)16-18-8-10-20(11-9-18)25-15-14-24-12-4-5-13-24/h2-3,6-11,19H,4-5,12-17H2,1H3/t19-/m0/s1. The van der Waals surface area contributed by atoms with Gasteiger partial charge in [-0.25, -0.2) is 0 Å². The Hall–Kier alpha value is -2.20. The SMILES string of the molecule is CN1c2ccccc2OC[C@@H]1Cc1ccc(OCCN2CCCC2)cc1. The van der Waals surface area contributed by atoms with Crippen molar-refractivity contribution in [3.8, 4) is 11.5 Å². The van der Waals surface area contributed by atoms with Crippen LogP contribution in [0.5, 0.6) is 11.5 Å². The lowest BCUT2D eigenvalue weighted by atomic mass is 10.0. The first-order valence-electron chi connectivity index (χ1n) is 9.68. The number of rotatable bonds is 6. The van der Waals surface area contributed by atoms with E-state index < -0.39 is 0 Å². The Morgan fingerprint density at radius 2 is 1.81 bits per heavy atom. The number of fused-ring (bicyclic) bond motifs is 1. The van der Waals surface area contributed by atoms with Crippen LogP contribution in [0.25, 0.3) is 0 Å². The van der Waals surface area contributed by atoms with Gasteiger partial charge in [0, 0.05) is 13.6 Å². The van der Waals surface area contributed by atoms with Crippen LogP contribution in [-0.2, 0) is 6.42 Å². The fourth-order valence-electron chi connectivity index (χ4n) is 3.85. The summed E-state index contributed by atoms with van der Waals surface area (Å²) in [6.07, 6.45) is 3.63. The highest BCUT2D eigenvalue weighted by Gasteiger charge is 2.24. The summed E-state index contributed by atoms with van der Waals surface area (Å²) in [5, 5.41) is 0. The first-order chi connectivity index (χ1) is 12.8. The van der Waals surface area contributed by atoms with Crippen LogP contribution in [0.1, 0.15) is 18.4 Å². The van der Waals surface area contributed by atoms with E-state index in [0.29, 0.717) is 6.04 Å². The van der Waals surface area contributed by atoms with E-state index >= 15 is 0 Å². The minimum atomic E-state index is 0.354. The van der Waals surface area contributed by atoms with Crippen LogP contribution in [0.2, 0.25) is 0 Å². The molecule has 1 saturated heterocycles. The van der Waals surface area contributed by atoms with E-state index in [2.05, 4.69) is 53.2 Å². The van der Waals surface area contributed by atoms with E-state index in [4.69, 9.17) is 9.47 Å². The highest BCUT2D eigenvalue weighted by Crippen LogP contribution is 2.33. The molecule has 138 valence electrons. The van der Waals surface area contributed by atoms with Crippen LogP contribution < -0.4 is 14.4 Å². The number of hydrogen-bond acceptors (Lipinski definition) is 4. The first kappa shape index (κ1) is 17.2. The highest BCUT2D eigenvalue weighted by atomic mass is 16.5.